The molecule has 232 valence electrons. The van der Waals surface area contributed by atoms with Crippen LogP contribution in [-0.4, -0.2) is 15.7 Å². The second-order valence-corrected chi connectivity index (χ2v) is 17.6. The maximum atomic E-state index is 14.4. The standard InChI is InChI=1S/C39H55N3O/c1-34(2)18-20-39(33(43)40-24-26-12-10-9-11-13-26)21-19-37(6)28(29(39)23-34)14-15-31-36(5)22-27-25-42(8)41-32(27)35(3,4)30(36)16-17-38(31,37)7/h9-14,25,29-31H,15-24H2,1-8H3,(H,40,43)/t29-,30?,31+,36-,37+,38+,39-/m0/s1. The summed E-state index contributed by atoms with van der Waals surface area (Å²) in [6, 6.07) is 10.4. The van der Waals surface area contributed by atoms with Gasteiger partial charge in [0.15, 0.2) is 0 Å². The summed E-state index contributed by atoms with van der Waals surface area (Å²) in [5.74, 6) is 1.91. The fourth-order valence-corrected chi connectivity index (χ4v) is 12.2. The second kappa shape index (κ2) is 9.33. The van der Waals surface area contributed by atoms with E-state index in [0.717, 1.165) is 44.9 Å². The molecule has 0 spiro atoms. The summed E-state index contributed by atoms with van der Waals surface area (Å²) >= 11 is 0. The van der Waals surface area contributed by atoms with E-state index in [2.05, 4.69) is 102 Å². The third kappa shape index (κ3) is 3.99. The van der Waals surface area contributed by atoms with Crippen molar-refractivity contribution in [2.45, 2.75) is 118 Å². The molecular formula is C39H55N3O. The van der Waals surface area contributed by atoms with E-state index in [4.69, 9.17) is 5.10 Å². The minimum absolute atomic E-state index is 0.0851. The van der Waals surface area contributed by atoms with Crippen LogP contribution >= 0.6 is 0 Å². The number of benzene rings is 1. The molecule has 1 N–H and O–H groups in total. The Morgan fingerprint density at radius 1 is 0.953 bits per heavy atom. The molecule has 5 aliphatic rings. The minimum atomic E-state index is -0.280. The number of aryl methyl sites for hydroxylation is 1. The van der Waals surface area contributed by atoms with Crippen LogP contribution < -0.4 is 5.32 Å². The van der Waals surface area contributed by atoms with Gasteiger partial charge in [-0.2, -0.15) is 5.10 Å². The van der Waals surface area contributed by atoms with E-state index < -0.39 is 0 Å². The second-order valence-electron chi connectivity index (χ2n) is 17.6. The molecule has 4 nitrogen and oxygen atoms in total. The minimum Gasteiger partial charge on any atom is -0.352 e. The van der Waals surface area contributed by atoms with Crippen molar-refractivity contribution in [2.24, 2.45) is 51.9 Å². The highest BCUT2D eigenvalue weighted by molar-refractivity contribution is 5.84. The Bertz CT molecular complexity index is 1470. The molecule has 0 saturated heterocycles. The molecule has 5 aliphatic carbocycles. The van der Waals surface area contributed by atoms with E-state index in [1.807, 2.05) is 6.07 Å². The van der Waals surface area contributed by atoms with Gasteiger partial charge in [-0.15, -0.1) is 0 Å². The Hall–Kier alpha value is -2.36. The van der Waals surface area contributed by atoms with Crippen LogP contribution in [0.4, 0.5) is 0 Å². The van der Waals surface area contributed by atoms with E-state index in [0.29, 0.717) is 30.2 Å². The number of fused-ring (bicyclic) bond motifs is 8. The maximum Gasteiger partial charge on any atom is 0.227 e. The van der Waals surface area contributed by atoms with Gasteiger partial charge in [-0.25, -0.2) is 0 Å². The largest absolute Gasteiger partial charge is 0.352 e. The zero-order chi connectivity index (χ0) is 30.6. The molecule has 3 saturated carbocycles. The number of nitrogens with zero attached hydrogens (tertiary/aromatic N) is 2. The quantitative estimate of drug-likeness (QED) is 0.369. The number of hydrogen-bond acceptors (Lipinski definition) is 2. The lowest BCUT2D eigenvalue weighted by atomic mass is 9.33. The highest BCUT2D eigenvalue weighted by Gasteiger charge is 2.69. The van der Waals surface area contributed by atoms with E-state index >= 15 is 0 Å². The van der Waals surface area contributed by atoms with Gasteiger partial charge in [-0.05, 0) is 108 Å². The van der Waals surface area contributed by atoms with Crippen LogP contribution in [0.2, 0.25) is 0 Å². The molecule has 1 unspecified atom stereocenters. The van der Waals surface area contributed by atoms with Gasteiger partial charge in [-0.1, -0.05) is 90.4 Å². The Balaban J connectivity index is 1.27. The van der Waals surface area contributed by atoms with Gasteiger partial charge in [0.25, 0.3) is 0 Å². The molecule has 1 aromatic carbocycles. The lowest BCUT2D eigenvalue weighted by molar-refractivity contribution is -0.167. The number of carbonyl (C=O) groups is 1. The van der Waals surface area contributed by atoms with E-state index in [-0.39, 0.29) is 32.5 Å². The normalized spacial score (nSPS) is 40.6. The number of hydrogen-bond donors (Lipinski definition) is 1. The summed E-state index contributed by atoms with van der Waals surface area (Å²) in [5, 5.41) is 8.46. The highest BCUT2D eigenvalue weighted by atomic mass is 16.2. The average Bonchev–Trinajstić information content (AvgIpc) is 3.32. The molecule has 4 heteroatoms. The molecular weight excluding hydrogens is 526 g/mol. The van der Waals surface area contributed by atoms with E-state index in [9.17, 15) is 4.79 Å². The van der Waals surface area contributed by atoms with Crippen LogP contribution in [-0.2, 0) is 30.2 Å². The van der Waals surface area contributed by atoms with Crippen LogP contribution in [0, 0.1) is 44.8 Å². The Morgan fingerprint density at radius 3 is 2.42 bits per heavy atom. The number of allylic oxidation sites excluding steroid dienone is 2. The molecule has 3 fully saturated rings. The number of rotatable bonds is 3. The van der Waals surface area contributed by atoms with Gasteiger partial charge >= 0.3 is 0 Å². The summed E-state index contributed by atoms with van der Waals surface area (Å²) in [4.78, 5) is 14.4. The Morgan fingerprint density at radius 2 is 1.67 bits per heavy atom. The molecule has 2 aromatic rings. The van der Waals surface area contributed by atoms with Gasteiger partial charge in [0.1, 0.15) is 0 Å². The summed E-state index contributed by atoms with van der Waals surface area (Å²) in [5.41, 5.74) is 6.32. The molecule has 7 rings (SSSR count). The number of amides is 1. The Labute approximate surface area is 260 Å². The lowest BCUT2D eigenvalue weighted by Gasteiger charge is -2.70. The van der Waals surface area contributed by atoms with Crippen LogP contribution in [0.5, 0.6) is 0 Å². The van der Waals surface area contributed by atoms with Crippen LogP contribution in [0.25, 0.3) is 0 Å². The third-order valence-electron chi connectivity index (χ3n) is 14.6. The van der Waals surface area contributed by atoms with Crippen LogP contribution in [0.1, 0.15) is 117 Å². The maximum absolute atomic E-state index is 14.4. The molecule has 0 aliphatic heterocycles. The van der Waals surface area contributed by atoms with Crippen molar-refractivity contribution in [2.75, 3.05) is 0 Å². The van der Waals surface area contributed by atoms with Crippen molar-refractivity contribution in [1.82, 2.24) is 15.1 Å². The first kappa shape index (κ1) is 29.4. The molecule has 0 bridgehead atoms. The SMILES string of the molecule is Cn1cc2c(n1)C(C)(C)C1CC[C@]3(C)[C@H](CC=C4[C@@H]5CC(C)(C)CC[C@]5(C(=O)NCc5ccccc5)CC[C@]43C)[C@@]1(C)C2. The lowest BCUT2D eigenvalue weighted by Crippen LogP contribution is -2.65. The first-order valence-corrected chi connectivity index (χ1v) is 17.2. The molecule has 1 heterocycles. The van der Waals surface area contributed by atoms with Gasteiger partial charge in [-0.3, -0.25) is 9.48 Å². The van der Waals surface area contributed by atoms with Gasteiger partial charge in [0, 0.05) is 25.2 Å². The number of aromatic nitrogens is 2. The molecule has 43 heavy (non-hydrogen) atoms. The average molecular weight is 582 g/mol. The van der Waals surface area contributed by atoms with Crippen molar-refractivity contribution in [3.63, 3.8) is 0 Å². The van der Waals surface area contributed by atoms with Crippen molar-refractivity contribution >= 4 is 5.91 Å². The van der Waals surface area contributed by atoms with Gasteiger partial charge in [0.05, 0.1) is 11.1 Å². The molecule has 1 aromatic heterocycles. The molecule has 1 amide bonds. The van der Waals surface area contributed by atoms with E-state index in [1.54, 1.807) is 5.57 Å². The topological polar surface area (TPSA) is 46.9 Å². The summed E-state index contributed by atoms with van der Waals surface area (Å²) < 4.78 is 2.06. The zero-order valence-corrected chi connectivity index (χ0v) is 28.1. The third-order valence-corrected chi connectivity index (χ3v) is 14.6. The Kier molecular flexibility index (Phi) is 6.37. The smallest absolute Gasteiger partial charge is 0.227 e. The zero-order valence-electron chi connectivity index (χ0n) is 28.1. The predicted octanol–water partition coefficient (Wildman–Crippen LogP) is 8.55. The van der Waals surface area contributed by atoms with Crippen LogP contribution in [0.15, 0.2) is 48.2 Å². The van der Waals surface area contributed by atoms with Crippen LogP contribution in [0.3, 0.4) is 0 Å². The first-order chi connectivity index (χ1) is 20.2. The van der Waals surface area contributed by atoms with E-state index in [1.165, 1.54) is 29.7 Å². The number of nitrogens with one attached hydrogen (secondary N) is 1. The van der Waals surface area contributed by atoms with Crippen molar-refractivity contribution < 1.29 is 4.79 Å². The predicted molar refractivity (Wildman–Crippen MR) is 174 cm³/mol. The highest BCUT2D eigenvalue weighted by Crippen LogP contribution is 2.75. The van der Waals surface area contributed by atoms with Gasteiger partial charge in [0.2, 0.25) is 5.91 Å². The monoisotopic (exact) mass is 581 g/mol. The summed E-state index contributed by atoms with van der Waals surface area (Å²) in [6.45, 7) is 18.4. The summed E-state index contributed by atoms with van der Waals surface area (Å²) in [7, 11) is 2.09. The fraction of sp³-hybridized carbons (Fsp3) is 0.692. The number of carbonyl (C=O) groups excluding carboxylic acids is 1. The van der Waals surface area contributed by atoms with Crippen molar-refractivity contribution in [3.05, 3.63) is 65.0 Å². The van der Waals surface area contributed by atoms with Gasteiger partial charge < -0.3 is 5.32 Å². The fourth-order valence-electron chi connectivity index (χ4n) is 12.2. The molecule has 7 atom stereocenters. The first-order valence-electron chi connectivity index (χ1n) is 17.2. The van der Waals surface area contributed by atoms with Crippen molar-refractivity contribution in [1.29, 1.82) is 0 Å². The van der Waals surface area contributed by atoms with Crippen molar-refractivity contribution in [3.8, 4) is 0 Å². The summed E-state index contributed by atoms with van der Waals surface area (Å²) in [6.07, 6.45) is 15.3. The molecule has 0 radical (unpaired) electrons.